The predicted molar refractivity (Wildman–Crippen MR) is 194 cm³/mol. The maximum absolute atomic E-state index is 16.0. The van der Waals surface area contributed by atoms with Crippen molar-refractivity contribution in [3.8, 4) is 11.8 Å². The number of ketones is 1. The van der Waals surface area contributed by atoms with Crippen LogP contribution < -0.4 is 10.1 Å². The quantitative estimate of drug-likeness (QED) is 0.239. The maximum Gasteiger partial charge on any atom is 0.338 e. The zero-order chi connectivity index (χ0) is 38.0. The molecule has 3 aromatic carbocycles. The van der Waals surface area contributed by atoms with E-state index in [1.165, 1.54) is 49.6 Å². The van der Waals surface area contributed by atoms with Gasteiger partial charge in [0.1, 0.15) is 22.8 Å². The highest BCUT2D eigenvalue weighted by atomic mass is 35.5. The summed E-state index contributed by atoms with van der Waals surface area (Å²) in [6, 6.07) is 13.1. The number of methoxy groups -OCH3 is 1. The number of carbonyl (C=O) groups excluding carboxylic acids is 3. The van der Waals surface area contributed by atoms with Gasteiger partial charge < -0.3 is 24.6 Å². The molecule has 0 aliphatic carbocycles. The third-order valence-electron chi connectivity index (χ3n) is 9.87. The van der Waals surface area contributed by atoms with E-state index in [9.17, 15) is 19.6 Å². The van der Waals surface area contributed by atoms with E-state index in [4.69, 9.17) is 32.7 Å². The van der Waals surface area contributed by atoms with E-state index in [2.05, 4.69) is 16.3 Å². The molecule has 9 nitrogen and oxygen atoms in total. The van der Waals surface area contributed by atoms with Gasteiger partial charge >= 0.3 is 5.97 Å². The Labute approximate surface area is 312 Å². The first-order chi connectivity index (χ1) is 24.6. The number of hydrogen-bond donors (Lipinski definition) is 1. The lowest BCUT2D eigenvalue weighted by Gasteiger charge is -2.37. The molecule has 0 spiro atoms. The average molecular weight is 756 g/mol. The van der Waals surface area contributed by atoms with Crippen molar-refractivity contribution in [2.24, 2.45) is 5.41 Å². The molecule has 2 aliphatic rings. The first kappa shape index (κ1) is 39.1. The lowest BCUT2D eigenvalue weighted by atomic mass is 9.62. The summed E-state index contributed by atoms with van der Waals surface area (Å²) in [5.74, 6) is -4.04. The van der Waals surface area contributed by atoms with Crippen LogP contribution in [0.3, 0.4) is 0 Å². The van der Waals surface area contributed by atoms with Crippen molar-refractivity contribution >= 4 is 40.9 Å². The molecular formula is C39H42Cl2F2N4O5. The van der Waals surface area contributed by atoms with Gasteiger partial charge in [-0.3, -0.25) is 9.59 Å². The summed E-state index contributed by atoms with van der Waals surface area (Å²) >= 11 is 12.4. The highest BCUT2D eigenvalue weighted by Gasteiger charge is 2.61. The summed E-state index contributed by atoms with van der Waals surface area (Å²) in [4.78, 5) is 43.8. The Morgan fingerprint density at radius 2 is 1.75 bits per heavy atom. The molecule has 2 aliphatic heterocycles. The van der Waals surface area contributed by atoms with Crippen LogP contribution in [0.2, 0.25) is 10.0 Å². The highest BCUT2D eigenvalue weighted by Crippen LogP contribution is 2.53. The molecule has 2 heterocycles. The third kappa shape index (κ3) is 8.11. The van der Waals surface area contributed by atoms with Crippen molar-refractivity contribution in [3.05, 3.63) is 98.5 Å². The Kier molecular flexibility index (Phi) is 12.0. The summed E-state index contributed by atoms with van der Waals surface area (Å²) in [5, 5.41) is 14.3. The predicted octanol–water partition coefficient (Wildman–Crippen LogP) is 6.34. The maximum atomic E-state index is 16.0. The Bertz CT molecular complexity index is 1890. The smallest absolute Gasteiger partial charge is 0.338 e. The van der Waals surface area contributed by atoms with Crippen LogP contribution in [-0.2, 0) is 26.2 Å². The number of nitrogens with zero attached hydrogens (tertiary/aromatic N) is 3. The molecule has 0 bridgehead atoms. The minimum absolute atomic E-state index is 0.0122. The zero-order valence-electron chi connectivity index (χ0n) is 29.8. The van der Waals surface area contributed by atoms with Crippen LogP contribution in [0.15, 0.2) is 54.6 Å². The van der Waals surface area contributed by atoms with Crippen LogP contribution >= 0.6 is 23.2 Å². The number of ether oxygens (including phenoxy) is 2. The molecule has 0 saturated carbocycles. The third-order valence-corrected chi connectivity index (χ3v) is 10.4. The van der Waals surface area contributed by atoms with E-state index in [0.717, 1.165) is 19.2 Å². The van der Waals surface area contributed by atoms with Gasteiger partial charge in [0.05, 0.1) is 29.8 Å². The Balaban J connectivity index is 1.48. The van der Waals surface area contributed by atoms with Crippen LogP contribution in [0.25, 0.3) is 0 Å². The molecule has 3 aromatic rings. The number of hydrogen-bond acceptors (Lipinski definition) is 8. The number of nitriles is 1. The zero-order valence-corrected chi connectivity index (χ0v) is 31.3. The number of likely N-dealkylation sites (N-methyl/N-ethyl adjacent to an activating group) is 1. The van der Waals surface area contributed by atoms with Gasteiger partial charge in [-0.1, -0.05) is 68.2 Å². The second-order valence-corrected chi connectivity index (χ2v) is 15.5. The number of halogens is 4. The molecule has 1 amide bonds. The lowest BCUT2D eigenvalue weighted by Crippen LogP contribution is -2.48. The Morgan fingerprint density at radius 3 is 2.38 bits per heavy atom. The van der Waals surface area contributed by atoms with E-state index >= 15 is 8.78 Å². The van der Waals surface area contributed by atoms with Gasteiger partial charge in [0, 0.05) is 60.7 Å². The first-order valence-electron chi connectivity index (χ1n) is 17.0. The van der Waals surface area contributed by atoms with Crippen LogP contribution in [0, 0.1) is 28.4 Å². The molecule has 0 aromatic heterocycles. The standard InChI is InChI=1S/C39H42Cl2F2N4O5/c1-38(2,3)20-32-39(22-44,27-12-11-25(40)19-29(27)42)34(26-7-6-8-28(41)35(26)43)36(45-32)30(48)17-23-9-10-24(18-31(23)51-5)37(50)52-21-33(49)47-15-13-46(4)14-16-47/h6-12,18-19,32,34,36,45H,13-17,20-21H2,1-5H3/t32-,34-,36-,39-/m0/s1. The summed E-state index contributed by atoms with van der Waals surface area (Å²) in [5.41, 5.74) is -1.68. The minimum atomic E-state index is -1.77. The molecule has 13 heteroatoms. The van der Waals surface area contributed by atoms with Gasteiger partial charge in [0.2, 0.25) is 0 Å². The lowest BCUT2D eigenvalue weighted by molar-refractivity contribution is -0.136. The molecule has 2 fully saturated rings. The fourth-order valence-electron chi connectivity index (χ4n) is 7.28. The van der Waals surface area contributed by atoms with E-state index in [-0.39, 0.29) is 44.8 Å². The van der Waals surface area contributed by atoms with Crippen LogP contribution in [0.5, 0.6) is 5.75 Å². The van der Waals surface area contributed by atoms with E-state index < -0.39 is 58.8 Å². The highest BCUT2D eigenvalue weighted by molar-refractivity contribution is 6.31. The summed E-state index contributed by atoms with van der Waals surface area (Å²) in [6.45, 7) is 8.02. The fourth-order valence-corrected chi connectivity index (χ4v) is 7.62. The SMILES string of the molecule is COc1cc(C(=O)OCC(=O)N2CCN(C)CC2)ccc1CC(=O)[C@@H]1N[C@@H](CC(C)(C)C)[C@](C#N)(c2ccc(Cl)cc2F)[C@H]1c1cccc(Cl)c1F. The molecule has 52 heavy (non-hydrogen) atoms. The Morgan fingerprint density at radius 1 is 1.04 bits per heavy atom. The minimum Gasteiger partial charge on any atom is -0.496 e. The van der Waals surface area contributed by atoms with Crippen LogP contribution in [0.1, 0.15) is 60.2 Å². The van der Waals surface area contributed by atoms with E-state index in [1.54, 1.807) is 11.0 Å². The molecule has 5 rings (SSSR count). The molecule has 0 unspecified atom stereocenters. The molecule has 4 atom stereocenters. The molecule has 2 saturated heterocycles. The Hall–Kier alpha value is -4.08. The van der Waals surface area contributed by atoms with Crippen molar-refractivity contribution in [1.82, 2.24) is 15.1 Å². The van der Waals surface area contributed by atoms with Crippen molar-refractivity contribution in [3.63, 3.8) is 0 Å². The topological polar surface area (TPSA) is 112 Å². The van der Waals surface area contributed by atoms with Crippen LogP contribution in [0.4, 0.5) is 8.78 Å². The van der Waals surface area contributed by atoms with Gasteiger partial charge in [0.15, 0.2) is 12.4 Å². The molecular weight excluding hydrogens is 713 g/mol. The molecule has 0 radical (unpaired) electrons. The van der Waals surface area contributed by atoms with Crippen molar-refractivity contribution in [2.75, 3.05) is 46.9 Å². The number of esters is 1. The summed E-state index contributed by atoms with van der Waals surface area (Å²) in [6.07, 6.45) is 0.0755. The van der Waals surface area contributed by atoms with Crippen molar-refractivity contribution in [1.29, 1.82) is 5.26 Å². The first-order valence-corrected chi connectivity index (χ1v) is 17.7. The van der Waals surface area contributed by atoms with Gasteiger partial charge in [-0.2, -0.15) is 5.26 Å². The van der Waals surface area contributed by atoms with Crippen LogP contribution in [-0.4, -0.2) is 86.5 Å². The van der Waals surface area contributed by atoms with E-state index in [0.29, 0.717) is 25.1 Å². The second kappa shape index (κ2) is 15.9. The number of Topliss-reactive ketones (excluding diaryl/α,β-unsaturated/α-hetero) is 1. The van der Waals surface area contributed by atoms with Crippen molar-refractivity contribution < 1.29 is 32.6 Å². The van der Waals surface area contributed by atoms with Gasteiger partial charge in [-0.25, -0.2) is 13.6 Å². The largest absolute Gasteiger partial charge is 0.496 e. The summed E-state index contributed by atoms with van der Waals surface area (Å²) in [7, 11) is 3.36. The molecule has 276 valence electrons. The van der Waals surface area contributed by atoms with Gasteiger partial charge in [-0.05, 0) is 54.8 Å². The number of nitrogens with one attached hydrogen (secondary N) is 1. The van der Waals surface area contributed by atoms with Crippen molar-refractivity contribution in [2.45, 2.75) is 57.0 Å². The summed E-state index contributed by atoms with van der Waals surface area (Å²) < 4.78 is 42.9. The number of piperazine rings is 1. The number of benzene rings is 3. The molecule has 1 N–H and O–H groups in total. The normalized spacial score (nSPS) is 22.2. The fraction of sp³-hybridized carbons (Fsp3) is 0.436. The average Bonchev–Trinajstić information content (AvgIpc) is 3.41. The number of amides is 1. The second-order valence-electron chi connectivity index (χ2n) is 14.6. The van der Waals surface area contributed by atoms with Gasteiger partial charge in [-0.15, -0.1) is 0 Å². The van der Waals surface area contributed by atoms with E-state index in [1.807, 2.05) is 27.8 Å². The number of rotatable bonds is 10. The monoisotopic (exact) mass is 754 g/mol. The number of carbonyl (C=O) groups is 3. The van der Waals surface area contributed by atoms with Gasteiger partial charge in [0.25, 0.3) is 5.91 Å².